The van der Waals surface area contributed by atoms with Gasteiger partial charge in [0.15, 0.2) is 0 Å². The van der Waals surface area contributed by atoms with Crippen molar-refractivity contribution in [2.45, 2.75) is 27.2 Å². The lowest BCUT2D eigenvalue weighted by molar-refractivity contribution is 1.11. The second-order valence-electron chi connectivity index (χ2n) is 2.44. The fourth-order valence-corrected chi connectivity index (χ4v) is 1.03. The van der Waals surface area contributed by atoms with E-state index in [0.717, 1.165) is 0 Å². The minimum Gasteiger partial charge on any atom is -0.134 e. The minimum absolute atomic E-state index is 1.23. The Bertz CT molecular complexity index is 119. The van der Waals surface area contributed by atoms with Gasteiger partial charge in [-0.05, 0) is 31.4 Å². The maximum atomic E-state index is 2.20. The molecule has 0 bridgehead atoms. The number of hydrogen-bond donors (Lipinski definition) is 0. The quantitative estimate of drug-likeness (QED) is 0.442. The molecule has 0 aromatic rings. The fourth-order valence-electron chi connectivity index (χ4n) is 0.473. The number of allylic oxidation sites excluding steroid dienone is 3. The number of rotatable bonds is 4. The highest BCUT2D eigenvalue weighted by molar-refractivity contribution is 8.02. The van der Waals surface area contributed by atoms with Crippen molar-refractivity contribution in [3.63, 3.8) is 0 Å². The Morgan fingerprint density at radius 2 is 2.10 bits per heavy atom. The predicted octanol–water partition coefficient (Wildman–Crippen LogP) is 3.61. The van der Waals surface area contributed by atoms with E-state index in [4.69, 9.17) is 0 Å². The van der Waals surface area contributed by atoms with E-state index in [0.29, 0.717) is 0 Å². The van der Waals surface area contributed by atoms with Crippen molar-refractivity contribution in [1.82, 2.24) is 0 Å². The van der Waals surface area contributed by atoms with Crippen molar-refractivity contribution in [2.24, 2.45) is 0 Å². The molecule has 0 aliphatic carbocycles. The smallest absolute Gasteiger partial charge is 0.00286 e. The number of hydrogen-bond acceptors (Lipinski definition) is 1. The average molecular weight is 156 g/mol. The van der Waals surface area contributed by atoms with Crippen LogP contribution in [0.3, 0.4) is 0 Å². The molecule has 0 aromatic carbocycles. The van der Waals surface area contributed by atoms with Crippen LogP contribution >= 0.6 is 11.8 Å². The van der Waals surface area contributed by atoms with Gasteiger partial charge in [0.25, 0.3) is 0 Å². The molecular weight excluding hydrogens is 140 g/mol. The van der Waals surface area contributed by atoms with Crippen molar-refractivity contribution >= 4 is 11.8 Å². The summed E-state index contributed by atoms with van der Waals surface area (Å²) in [5.41, 5.74) is 1.35. The summed E-state index contributed by atoms with van der Waals surface area (Å²) >= 11 is 1.87. The van der Waals surface area contributed by atoms with Crippen molar-refractivity contribution in [3.8, 4) is 0 Å². The molecule has 0 aliphatic heterocycles. The molecule has 0 N–H and O–H groups in total. The summed E-state index contributed by atoms with van der Waals surface area (Å²) in [4.78, 5) is 0. The summed E-state index contributed by atoms with van der Waals surface area (Å²) in [5.74, 6) is 1.23. The highest BCUT2D eigenvalue weighted by atomic mass is 32.2. The van der Waals surface area contributed by atoms with Crippen molar-refractivity contribution < 1.29 is 0 Å². The van der Waals surface area contributed by atoms with E-state index in [1.807, 2.05) is 11.8 Å². The highest BCUT2D eigenvalue weighted by Gasteiger charge is 1.75. The van der Waals surface area contributed by atoms with Gasteiger partial charge < -0.3 is 0 Å². The molecule has 0 saturated carbocycles. The van der Waals surface area contributed by atoms with Crippen LogP contribution in [0, 0.1) is 0 Å². The first-order valence-corrected chi connectivity index (χ1v) is 4.74. The first-order valence-electron chi connectivity index (χ1n) is 3.69. The molecule has 0 atom stereocenters. The first kappa shape index (κ1) is 9.83. The van der Waals surface area contributed by atoms with Gasteiger partial charge in [0, 0.05) is 0 Å². The molecule has 10 heavy (non-hydrogen) atoms. The second-order valence-corrected chi connectivity index (χ2v) is 3.46. The van der Waals surface area contributed by atoms with Gasteiger partial charge in [0.05, 0.1) is 0 Å². The normalized spacial score (nSPS) is 10.3. The van der Waals surface area contributed by atoms with Gasteiger partial charge >= 0.3 is 0 Å². The maximum absolute atomic E-state index is 2.20. The Hall–Kier alpha value is -0.170. The third kappa shape index (κ3) is 7.83. The van der Waals surface area contributed by atoms with Crippen LogP contribution in [-0.2, 0) is 0 Å². The van der Waals surface area contributed by atoms with Crippen LogP contribution < -0.4 is 0 Å². The van der Waals surface area contributed by atoms with Gasteiger partial charge in [-0.2, -0.15) is 0 Å². The van der Waals surface area contributed by atoms with E-state index in [9.17, 15) is 0 Å². The Balaban J connectivity index is 3.29. The molecule has 0 spiro atoms. The van der Waals surface area contributed by atoms with Crippen molar-refractivity contribution in [3.05, 3.63) is 23.1 Å². The van der Waals surface area contributed by atoms with Gasteiger partial charge in [0.1, 0.15) is 0 Å². The molecule has 0 heterocycles. The summed E-state index contributed by atoms with van der Waals surface area (Å²) in [7, 11) is 0. The first-order chi connectivity index (χ1) is 4.77. The third-order valence-electron chi connectivity index (χ3n) is 0.926. The summed E-state index contributed by atoms with van der Waals surface area (Å²) in [5, 5.41) is 2.15. The molecule has 0 amide bonds. The Morgan fingerprint density at radius 1 is 1.40 bits per heavy atom. The molecule has 1 heteroatoms. The summed E-state index contributed by atoms with van der Waals surface area (Å²) in [6.45, 7) is 6.41. The molecule has 0 aromatic heterocycles. The molecule has 0 nitrogen and oxygen atoms in total. The van der Waals surface area contributed by atoms with Gasteiger partial charge in [-0.3, -0.25) is 0 Å². The highest BCUT2D eigenvalue weighted by Crippen LogP contribution is 2.03. The van der Waals surface area contributed by atoms with Crippen LogP contribution in [0.4, 0.5) is 0 Å². The molecule has 0 rings (SSSR count). The van der Waals surface area contributed by atoms with Crippen LogP contribution in [0.2, 0.25) is 0 Å². The molecule has 0 unspecified atom stereocenters. The topological polar surface area (TPSA) is 0 Å². The molecule has 0 aliphatic rings. The Morgan fingerprint density at radius 3 is 2.60 bits per heavy atom. The Labute approximate surface area is 68.4 Å². The van der Waals surface area contributed by atoms with Crippen molar-refractivity contribution in [2.75, 3.05) is 5.75 Å². The standard InChI is InChI=1S/C9H16S/c1-4-7-10-8-5-6-9(2)3/h5-6,8H,4,7H2,1-3H3/b8-5-. The van der Waals surface area contributed by atoms with Crippen LogP contribution in [0.5, 0.6) is 0 Å². The molecule has 0 saturated heterocycles. The van der Waals surface area contributed by atoms with Crippen molar-refractivity contribution in [1.29, 1.82) is 0 Å². The van der Waals surface area contributed by atoms with Crippen LogP contribution in [0.15, 0.2) is 23.1 Å². The Kier molecular flexibility index (Phi) is 6.83. The van der Waals surface area contributed by atoms with Gasteiger partial charge in [-0.1, -0.05) is 24.6 Å². The van der Waals surface area contributed by atoms with E-state index in [2.05, 4.69) is 38.3 Å². The van der Waals surface area contributed by atoms with E-state index < -0.39 is 0 Å². The molecular formula is C9H16S. The molecule has 0 fully saturated rings. The SMILES string of the molecule is CCCS/C=C\C=C(C)C. The van der Waals surface area contributed by atoms with E-state index >= 15 is 0 Å². The maximum Gasteiger partial charge on any atom is -0.00286 e. The van der Waals surface area contributed by atoms with E-state index in [-0.39, 0.29) is 0 Å². The van der Waals surface area contributed by atoms with E-state index in [1.165, 1.54) is 17.7 Å². The zero-order valence-corrected chi connectivity index (χ0v) is 7.87. The monoisotopic (exact) mass is 156 g/mol. The fraction of sp³-hybridized carbons (Fsp3) is 0.556. The minimum atomic E-state index is 1.23. The lowest BCUT2D eigenvalue weighted by Gasteiger charge is -1.86. The van der Waals surface area contributed by atoms with Crippen LogP contribution in [0.1, 0.15) is 27.2 Å². The van der Waals surface area contributed by atoms with Gasteiger partial charge in [-0.25, -0.2) is 0 Å². The lowest BCUT2D eigenvalue weighted by atomic mass is 10.3. The second kappa shape index (κ2) is 6.94. The van der Waals surface area contributed by atoms with Crippen LogP contribution in [-0.4, -0.2) is 5.75 Å². The van der Waals surface area contributed by atoms with E-state index in [1.54, 1.807) is 0 Å². The zero-order chi connectivity index (χ0) is 7.82. The van der Waals surface area contributed by atoms with Gasteiger partial charge in [0.2, 0.25) is 0 Å². The van der Waals surface area contributed by atoms with Gasteiger partial charge in [-0.15, -0.1) is 11.8 Å². The zero-order valence-electron chi connectivity index (χ0n) is 7.05. The summed E-state index contributed by atoms with van der Waals surface area (Å²) in [6, 6.07) is 0. The molecule has 0 radical (unpaired) electrons. The largest absolute Gasteiger partial charge is 0.134 e. The lowest BCUT2D eigenvalue weighted by Crippen LogP contribution is -1.66. The molecule has 58 valence electrons. The number of thioether (sulfide) groups is 1. The summed E-state index contributed by atoms with van der Waals surface area (Å²) in [6.07, 6.45) is 5.49. The predicted molar refractivity (Wildman–Crippen MR) is 51.3 cm³/mol. The van der Waals surface area contributed by atoms with Crippen LogP contribution in [0.25, 0.3) is 0 Å². The third-order valence-corrected chi connectivity index (χ3v) is 1.92. The average Bonchev–Trinajstić information content (AvgIpc) is 1.87. The summed E-state index contributed by atoms with van der Waals surface area (Å²) < 4.78 is 0.